The van der Waals surface area contributed by atoms with Crippen molar-refractivity contribution in [3.8, 4) is 0 Å². The summed E-state index contributed by atoms with van der Waals surface area (Å²) in [5.74, 6) is 2.53. The number of nitrogens with two attached hydrogens (primary N) is 1. The Kier molecular flexibility index (Phi) is 6.52. The minimum absolute atomic E-state index is 0.331. The Morgan fingerprint density at radius 2 is 1.95 bits per heavy atom. The molecule has 1 fully saturated rings. The second-order valence-electron chi connectivity index (χ2n) is 7.33. The van der Waals surface area contributed by atoms with Crippen LogP contribution in [0.4, 0.5) is 0 Å². The van der Waals surface area contributed by atoms with Gasteiger partial charge in [-0.3, -0.25) is 4.21 Å². The maximum Gasteiger partial charge on any atom is 0.0391 e. The first kappa shape index (κ1) is 17.2. The van der Waals surface area contributed by atoms with Crippen molar-refractivity contribution in [3.63, 3.8) is 0 Å². The van der Waals surface area contributed by atoms with Crippen LogP contribution in [0.5, 0.6) is 0 Å². The van der Waals surface area contributed by atoms with Gasteiger partial charge in [0.1, 0.15) is 0 Å². The Balaban J connectivity index is 2.76. The molecule has 0 aromatic rings. The molecule has 0 spiro atoms. The fraction of sp³-hybridized carbons (Fsp3) is 1.00. The van der Waals surface area contributed by atoms with E-state index < -0.39 is 10.8 Å². The van der Waals surface area contributed by atoms with Gasteiger partial charge in [0.15, 0.2) is 0 Å². The number of hydrogen-bond donors (Lipinski definition) is 1. The van der Waals surface area contributed by atoms with E-state index >= 15 is 0 Å². The Bertz CT molecular complexity index is 301. The zero-order valence-electron chi connectivity index (χ0n) is 13.4. The second-order valence-corrected chi connectivity index (χ2v) is 9.03. The van der Waals surface area contributed by atoms with Gasteiger partial charge in [-0.1, -0.05) is 41.0 Å². The summed E-state index contributed by atoms with van der Waals surface area (Å²) >= 11 is 0. The Morgan fingerprint density at radius 1 is 1.32 bits per heavy atom. The molecule has 0 bridgehead atoms. The molecule has 2 N–H and O–H groups in total. The molecule has 1 saturated carbocycles. The SMILES string of the molecule is CCC(C)(C)C1CCC(CN)C(S(=O)CC(C)C)C1. The quantitative estimate of drug-likeness (QED) is 0.811. The summed E-state index contributed by atoms with van der Waals surface area (Å²) in [5, 5.41) is 0.331. The maximum atomic E-state index is 12.6. The highest BCUT2D eigenvalue weighted by molar-refractivity contribution is 7.85. The average molecular weight is 288 g/mol. The molecule has 0 aliphatic heterocycles. The van der Waals surface area contributed by atoms with Crippen molar-refractivity contribution in [1.29, 1.82) is 0 Å². The van der Waals surface area contributed by atoms with Crippen molar-refractivity contribution in [2.75, 3.05) is 12.3 Å². The minimum Gasteiger partial charge on any atom is -0.330 e. The summed E-state index contributed by atoms with van der Waals surface area (Å²) in [6.07, 6.45) is 4.74. The first-order valence-corrected chi connectivity index (χ1v) is 9.27. The molecule has 0 aromatic heterocycles. The molecular formula is C16H33NOS. The first-order chi connectivity index (χ1) is 8.81. The van der Waals surface area contributed by atoms with Crippen molar-refractivity contribution in [2.45, 2.75) is 65.6 Å². The molecule has 0 aromatic carbocycles. The lowest BCUT2D eigenvalue weighted by molar-refractivity contribution is 0.133. The molecule has 114 valence electrons. The van der Waals surface area contributed by atoms with E-state index in [2.05, 4.69) is 34.6 Å². The predicted molar refractivity (Wildman–Crippen MR) is 85.6 cm³/mol. The third-order valence-electron chi connectivity index (χ3n) is 5.08. The molecule has 3 heteroatoms. The normalized spacial score (nSPS) is 30.6. The summed E-state index contributed by atoms with van der Waals surface area (Å²) in [4.78, 5) is 0. The van der Waals surface area contributed by atoms with Crippen LogP contribution in [0, 0.1) is 23.2 Å². The maximum absolute atomic E-state index is 12.6. The monoisotopic (exact) mass is 287 g/mol. The van der Waals surface area contributed by atoms with Crippen LogP contribution in [0.15, 0.2) is 0 Å². The molecular weight excluding hydrogens is 254 g/mol. The van der Waals surface area contributed by atoms with Crippen LogP contribution in [0.1, 0.15) is 60.3 Å². The van der Waals surface area contributed by atoms with Gasteiger partial charge in [-0.05, 0) is 49.0 Å². The smallest absolute Gasteiger partial charge is 0.0391 e. The third kappa shape index (κ3) is 4.56. The van der Waals surface area contributed by atoms with Crippen LogP contribution in [0.25, 0.3) is 0 Å². The lowest BCUT2D eigenvalue weighted by Gasteiger charge is -2.42. The van der Waals surface area contributed by atoms with Crippen molar-refractivity contribution >= 4 is 10.8 Å². The number of rotatable bonds is 6. The van der Waals surface area contributed by atoms with Crippen molar-refractivity contribution in [1.82, 2.24) is 0 Å². The van der Waals surface area contributed by atoms with Gasteiger partial charge >= 0.3 is 0 Å². The van der Waals surface area contributed by atoms with E-state index in [0.29, 0.717) is 35.0 Å². The highest BCUT2D eigenvalue weighted by atomic mass is 32.2. The van der Waals surface area contributed by atoms with Gasteiger partial charge in [0.25, 0.3) is 0 Å². The van der Waals surface area contributed by atoms with Gasteiger partial charge in [-0.2, -0.15) is 0 Å². The summed E-state index contributed by atoms with van der Waals surface area (Å²) < 4.78 is 12.6. The van der Waals surface area contributed by atoms with Crippen molar-refractivity contribution in [2.24, 2.45) is 28.9 Å². The van der Waals surface area contributed by atoms with Gasteiger partial charge in [0.05, 0.1) is 0 Å². The summed E-state index contributed by atoms with van der Waals surface area (Å²) in [5.41, 5.74) is 6.29. The van der Waals surface area contributed by atoms with Crippen LogP contribution in [0.2, 0.25) is 0 Å². The number of hydrogen-bond acceptors (Lipinski definition) is 2. The lowest BCUT2D eigenvalue weighted by atomic mass is 9.67. The Morgan fingerprint density at radius 3 is 2.42 bits per heavy atom. The van der Waals surface area contributed by atoms with Gasteiger partial charge in [-0.15, -0.1) is 0 Å². The van der Waals surface area contributed by atoms with E-state index in [1.165, 1.54) is 19.3 Å². The van der Waals surface area contributed by atoms with E-state index in [4.69, 9.17) is 5.73 Å². The van der Waals surface area contributed by atoms with Crippen LogP contribution >= 0.6 is 0 Å². The second kappa shape index (κ2) is 7.21. The summed E-state index contributed by atoms with van der Waals surface area (Å²) in [6, 6.07) is 0. The third-order valence-corrected chi connectivity index (χ3v) is 7.33. The minimum atomic E-state index is -0.704. The van der Waals surface area contributed by atoms with Gasteiger partial charge < -0.3 is 5.73 Å². The average Bonchev–Trinajstić information content (AvgIpc) is 2.37. The summed E-state index contributed by atoms with van der Waals surface area (Å²) in [6.45, 7) is 12.0. The zero-order valence-corrected chi connectivity index (χ0v) is 14.3. The molecule has 4 unspecified atom stereocenters. The van der Waals surface area contributed by atoms with E-state index in [1.807, 2.05) is 0 Å². The molecule has 1 rings (SSSR count). The van der Waals surface area contributed by atoms with E-state index in [9.17, 15) is 4.21 Å². The molecule has 0 saturated heterocycles. The highest BCUT2D eigenvalue weighted by Crippen LogP contribution is 2.43. The van der Waals surface area contributed by atoms with E-state index in [1.54, 1.807) is 0 Å². The van der Waals surface area contributed by atoms with Crippen LogP contribution < -0.4 is 5.73 Å². The molecule has 0 heterocycles. The fourth-order valence-electron chi connectivity index (χ4n) is 3.23. The fourth-order valence-corrected chi connectivity index (χ4v) is 5.26. The van der Waals surface area contributed by atoms with Crippen LogP contribution in [-0.4, -0.2) is 21.8 Å². The molecule has 2 nitrogen and oxygen atoms in total. The lowest BCUT2D eigenvalue weighted by Crippen LogP contribution is -2.42. The molecule has 1 aliphatic carbocycles. The Labute approximate surface area is 122 Å². The highest BCUT2D eigenvalue weighted by Gasteiger charge is 2.39. The van der Waals surface area contributed by atoms with Gasteiger partial charge in [0, 0.05) is 21.8 Å². The van der Waals surface area contributed by atoms with E-state index in [-0.39, 0.29) is 0 Å². The largest absolute Gasteiger partial charge is 0.330 e. The molecule has 0 amide bonds. The molecule has 4 atom stereocenters. The standard InChI is InChI=1S/C16H33NOS/c1-6-16(4,5)14-8-7-13(10-17)15(9-14)19(18)11-12(2)3/h12-15H,6-11,17H2,1-5H3. The summed E-state index contributed by atoms with van der Waals surface area (Å²) in [7, 11) is -0.704. The molecule has 1 aliphatic rings. The van der Waals surface area contributed by atoms with E-state index in [0.717, 1.165) is 12.2 Å². The van der Waals surface area contributed by atoms with Crippen LogP contribution in [-0.2, 0) is 10.8 Å². The topological polar surface area (TPSA) is 43.1 Å². The Hall–Kier alpha value is 0.110. The first-order valence-electron chi connectivity index (χ1n) is 7.89. The van der Waals surface area contributed by atoms with Crippen molar-refractivity contribution < 1.29 is 4.21 Å². The van der Waals surface area contributed by atoms with Gasteiger partial charge in [-0.25, -0.2) is 0 Å². The predicted octanol–water partition coefficient (Wildman–Crippen LogP) is 3.57. The van der Waals surface area contributed by atoms with Crippen LogP contribution in [0.3, 0.4) is 0 Å². The molecule has 19 heavy (non-hydrogen) atoms. The molecule has 0 radical (unpaired) electrons. The van der Waals surface area contributed by atoms with Crippen molar-refractivity contribution in [3.05, 3.63) is 0 Å². The zero-order chi connectivity index (χ0) is 14.6. The van der Waals surface area contributed by atoms with Gasteiger partial charge in [0.2, 0.25) is 0 Å².